The van der Waals surface area contributed by atoms with Crippen LogP contribution in [0.4, 0.5) is 0 Å². The van der Waals surface area contributed by atoms with Gasteiger partial charge in [-0.1, -0.05) is 38.1 Å². The van der Waals surface area contributed by atoms with Gasteiger partial charge in [0.1, 0.15) is 0 Å². The second-order valence-corrected chi connectivity index (χ2v) is 4.71. The monoisotopic (exact) mass is 237 g/mol. The molecule has 0 saturated carbocycles. The number of aromatic nitrogens is 3. The van der Waals surface area contributed by atoms with E-state index in [0.717, 1.165) is 22.4 Å². The Morgan fingerprint density at radius 1 is 1.11 bits per heavy atom. The van der Waals surface area contributed by atoms with Crippen molar-refractivity contribution in [3.63, 3.8) is 0 Å². The van der Waals surface area contributed by atoms with Crippen molar-refractivity contribution in [2.75, 3.05) is 0 Å². The minimum atomic E-state index is 0.465. The Balaban J connectivity index is 2.19. The third-order valence-electron chi connectivity index (χ3n) is 3.12. The lowest BCUT2D eigenvalue weighted by molar-refractivity contribution is 0.866. The van der Waals surface area contributed by atoms with Crippen LogP contribution >= 0.6 is 0 Å². The van der Waals surface area contributed by atoms with Crippen molar-refractivity contribution < 1.29 is 0 Å². The third kappa shape index (κ3) is 1.78. The summed E-state index contributed by atoms with van der Waals surface area (Å²) in [5, 5.41) is 0. The van der Waals surface area contributed by atoms with Crippen LogP contribution in [-0.4, -0.2) is 15.0 Å². The molecule has 0 aliphatic carbocycles. The molecule has 1 N–H and O–H groups in total. The molecule has 2 aromatic heterocycles. The molecule has 90 valence electrons. The zero-order valence-corrected chi connectivity index (χ0v) is 10.5. The summed E-state index contributed by atoms with van der Waals surface area (Å²) < 4.78 is 0. The molecular weight excluding hydrogens is 222 g/mol. The highest BCUT2D eigenvalue weighted by Crippen LogP contribution is 2.27. The zero-order valence-electron chi connectivity index (χ0n) is 10.5. The van der Waals surface area contributed by atoms with Gasteiger partial charge in [0.05, 0.1) is 17.2 Å². The van der Waals surface area contributed by atoms with E-state index in [0.29, 0.717) is 5.92 Å². The molecule has 0 aliphatic rings. The molecule has 0 spiro atoms. The summed E-state index contributed by atoms with van der Waals surface area (Å²) in [6.45, 7) is 4.38. The first-order valence-electron chi connectivity index (χ1n) is 6.15. The average molecular weight is 237 g/mol. The molecule has 0 saturated heterocycles. The van der Waals surface area contributed by atoms with Gasteiger partial charge in [0.15, 0.2) is 5.82 Å². The maximum Gasteiger partial charge on any atom is 0.160 e. The van der Waals surface area contributed by atoms with Gasteiger partial charge in [0, 0.05) is 11.8 Å². The van der Waals surface area contributed by atoms with Gasteiger partial charge in [0.25, 0.3) is 0 Å². The standard InChI is InChI=1S/C15H15N3/c1-10(2)11-5-3-4-6-12(11)15-17-9-14-13(18-15)7-8-16-14/h3-10,16H,1-2H3. The summed E-state index contributed by atoms with van der Waals surface area (Å²) in [4.78, 5) is 12.2. The van der Waals surface area contributed by atoms with Crippen molar-refractivity contribution in [2.45, 2.75) is 19.8 Å². The molecule has 0 fully saturated rings. The van der Waals surface area contributed by atoms with E-state index in [9.17, 15) is 0 Å². The Morgan fingerprint density at radius 2 is 1.94 bits per heavy atom. The number of nitrogens with one attached hydrogen (secondary N) is 1. The number of fused-ring (bicyclic) bond motifs is 1. The second kappa shape index (κ2) is 4.26. The number of benzene rings is 1. The van der Waals surface area contributed by atoms with Gasteiger partial charge < -0.3 is 4.98 Å². The van der Waals surface area contributed by atoms with E-state index in [4.69, 9.17) is 0 Å². The van der Waals surface area contributed by atoms with Gasteiger partial charge in [0.2, 0.25) is 0 Å². The van der Waals surface area contributed by atoms with Gasteiger partial charge >= 0.3 is 0 Å². The SMILES string of the molecule is CC(C)c1ccccc1-c1ncc2[nH]ccc2n1. The molecule has 3 rings (SSSR count). The number of rotatable bonds is 2. The fourth-order valence-electron chi connectivity index (χ4n) is 2.18. The first-order chi connectivity index (χ1) is 8.75. The van der Waals surface area contributed by atoms with Crippen molar-refractivity contribution in [3.8, 4) is 11.4 Å². The molecule has 3 aromatic rings. The number of H-pyrrole nitrogens is 1. The minimum absolute atomic E-state index is 0.465. The van der Waals surface area contributed by atoms with Crippen LogP contribution < -0.4 is 0 Å². The summed E-state index contributed by atoms with van der Waals surface area (Å²) >= 11 is 0. The van der Waals surface area contributed by atoms with Crippen LogP contribution in [0.25, 0.3) is 22.4 Å². The topological polar surface area (TPSA) is 41.6 Å². The quantitative estimate of drug-likeness (QED) is 0.737. The molecule has 0 radical (unpaired) electrons. The molecule has 0 atom stereocenters. The predicted molar refractivity (Wildman–Crippen MR) is 73.4 cm³/mol. The Hall–Kier alpha value is -2.16. The Bertz CT molecular complexity index is 683. The average Bonchev–Trinajstić information content (AvgIpc) is 2.85. The number of aromatic amines is 1. The van der Waals surface area contributed by atoms with Crippen molar-refractivity contribution in [2.24, 2.45) is 0 Å². The molecule has 18 heavy (non-hydrogen) atoms. The van der Waals surface area contributed by atoms with Crippen LogP contribution in [0.5, 0.6) is 0 Å². The zero-order chi connectivity index (χ0) is 12.5. The molecule has 2 heterocycles. The molecule has 0 aliphatic heterocycles. The summed E-state index contributed by atoms with van der Waals surface area (Å²) in [6.07, 6.45) is 3.73. The maximum absolute atomic E-state index is 4.61. The smallest absolute Gasteiger partial charge is 0.160 e. The highest BCUT2D eigenvalue weighted by Gasteiger charge is 2.10. The first kappa shape index (κ1) is 11.0. The van der Waals surface area contributed by atoms with Crippen LogP contribution in [0.15, 0.2) is 42.7 Å². The van der Waals surface area contributed by atoms with Gasteiger partial charge in [-0.3, -0.25) is 0 Å². The number of hydrogen-bond donors (Lipinski definition) is 1. The fourth-order valence-corrected chi connectivity index (χ4v) is 2.18. The van der Waals surface area contributed by atoms with Crippen molar-refractivity contribution in [3.05, 3.63) is 48.3 Å². The Labute approximate surface area is 106 Å². The molecule has 0 amide bonds. The van der Waals surface area contributed by atoms with Crippen LogP contribution in [0.1, 0.15) is 25.3 Å². The summed E-state index contributed by atoms with van der Waals surface area (Å²) in [5.41, 5.74) is 4.34. The Kier molecular flexibility index (Phi) is 2.59. The van der Waals surface area contributed by atoms with Crippen molar-refractivity contribution in [1.29, 1.82) is 0 Å². The second-order valence-electron chi connectivity index (χ2n) is 4.71. The van der Waals surface area contributed by atoms with E-state index in [1.165, 1.54) is 5.56 Å². The van der Waals surface area contributed by atoms with E-state index >= 15 is 0 Å². The van der Waals surface area contributed by atoms with Gasteiger partial charge in [-0.2, -0.15) is 0 Å². The number of nitrogens with zero attached hydrogens (tertiary/aromatic N) is 2. The molecule has 3 nitrogen and oxygen atoms in total. The maximum atomic E-state index is 4.61. The first-order valence-corrected chi connectivity index (χ1v) is 6.15. The van der Waals surface area contributed by atoms with E-state index in [-0.39, 0.29) is 0 Å². The molecule has 3 heteroatoms. The fraction of sp³-hybridized carbons (Fsp3) is 0.200. The van der Waals surface area contributed by atoms with E-state index < -0.39 is 0 Å². The number of hydrogen-bond acceptors (Lipinski definition) is 2. The van der Waals surface area contributed by atoms with E-state index in [1.807, 2.05) is 24.5 Å². The summed E-state index contributed by atoms with van der Waals surface area (Å²) in [6, 6.07) is 10.3. The van der Waals surface area contributed by atoms with E-state index in [2.05, 4.69) is 47.0 Å². The molecule has 0 unspecified atom stereocenters. The van der Waals surface area contributed by atoms with Crippen LogP contribution in [0, 0.1) is 0 Å². The van der Waals surface area contributed by atoms with Crippen LogP contribution in [-0.2, 0) is 0 Å². The van der Waals surface area contributed by atoms with Crippen molar-refractivity contribution in [1.82, 2.24) is 15.0 Å². The van der Waals surface area contributed by atoms with Crippen LogP contribution in [0.3, 0.4) is 0 Å². The largest absolute Gasteiger partial charge is 0.359 e. The highest BCUT2D eigenvalue weighted by atomic mass is 14.9. The van der Waals surface area contributed by atoms with Crippen LogP contribution in [0.2, 0.25) is 0 Å². The van der Waals surface area contributed by atoms with Gasteiger partial charge in [-0.25, -0.2) is 9.97 Å². The minimum Gasteiger partial charge on any atom is -0.359 e. The summed E-state index contributed by atoms with van der Waals surface area (Å²) in [7, 11) is 0. The lowest BCUT2D eigenvalue weighted by atomic mass is 9.97. The normalized spacial score (nSPS) is 11.3. The molecule has 0 bridgehead atoms. The van der Waals surface area contributed by atoms with E-state index in [1.54, 1.807) is 0 Å². The predicted octanol–water partition coefficient (Wildman–Crippen LogP) is 3.75. The highest BCUT2D eigenvalue weighted by molar-refractivity contribution is 5.76. The molecule has 1 aromatic carbocycles. The lowest BCUT2D eigenvalue weighted by Gasteiger charge is -2.11. The van der Waals surface area contributed by atoms with Gasteiger partial charge in [-0.05, 0) is 17.5 Å². The Morgan fingerprint density at radius 3 is 2.78 bits per heavy atom. The lowest BCUT2D eigenvalue weighted by Crippen LogP contribution is -1.96. The van der Waals surface area contributed by atoms with Gasteiger partial charge in [-0.15, -0.1) is 0 Å². The molecular formula is C15H15N3. The third-order valence-corrected chi connectivity index (χ3v) is 3.12. The van der Waals surface area contributed by atoms with Crippen molar-refractivity contribution >= 4 is 11.0 Å². The summed E-state index contributed by atoms with van der Waals surface area (Å²) in [5.74, 6) is 1.26.